The summed E-state index contributed by atoms with van der Waals surface area (Å²) in [6, 6.07) is -0.420. The number of carbonyl (C=O) groups is 1. The third kappa shape index (κ3) is 2.50. The van der Waals surface area contributed by atoms with Gasteiger partial charge in [-0.05, 0) is 36.3 Å². The number of piperidine rings is 1. The van der Waals surface area contributed by atoms with Gasteiger partial charge < -0.3 is 20.2 Å². The molecule has 1 aromatic rings. The molecular formula is C15H21N3O4. The summed E-state index contributed by atoms with van der Waals surface area (Å²) in [6.07, 6.45) is 7.54. The number of likely N-dealkylation sites (tertiary alicyclic amines) is 1. The third-order valence-electron chi connectivity index (χ3n) is 4.85. The molecule has 2 heterocycles. The molecule has 0 unspecified atom stereocenters. The zero-order valence-corrected chi connectivity index (χ0v) is 12.4. The van der Waals surface area contributed by atoms with Crippen LogP contribution < -0.4 is 0 Å². The van der Waals surface area contributed by atoms with Crippen LogP contribution in [0, 0.1) is 5.41 Å². The van der Waals surface area contributed by atoms with E-state index in [4.69, 9.17) is 5.11 Å². The molecule has 1 saturated heterocycles. The molecule has 3 N–H and O–H groups in total. The van der Waals surface area contributed by atoms with Crippen molar-refractivity contribution < 1.29 is 20.1 Å². The van der Waals surface area contributed by atoms with Gasteiger partial charge in [0.25, 0.3) is 0 Å². The van der Waals surface area contributed by atoms with E-state index in [1.807, 2.05) is 6.08 Å². The summed E-state index contributed by atoms with van der Waals surface area (Å²) in [5.41, 5.74) is 2.03. The molecule has 2 aliphatic rings. The number of hydrogen-bond acceptors (Lipinski definition) is 4. The van der Waals surface area contributed by atoms with Gasteiger partial charge in [-0.2, -0.15) is 5.10 Å². The van der Waals surface area contributed by atoms with Crippen molar-refractivity contribution in [1.82, 2.24) is 14.7 Å². The Kier molecular flexibility index (Phi) is 3.92. The van der Waals surface area contributed by atoms with E-state index in [-0.39, 0.29) is 18.6 Å². The molecule has 1 aliphatic carbocycles. The van der Waals surface area contributed by atoms with E-state index in [0.29, 0.717) is 13.1 Å². The maximum Gasteiger partial charge on any atom is 0.407 e. The Morgan fingerprint density at radius 3 is 2.59 bits per heavy atom. The van der Waals surface area contributed by atoms with E-state index in [2.05, 4.69) is 11.2 Å². The van der Waals surface area contributed by atoms with Crippen LogP contribution in [-0.2, 0) is 6.42 Å². The molecule has 0 aromatic carbocycles. The highest BCUT2D eigenvalue weighted by Crippen LogP contribution is 2.41. The molecule has 1 aliphatic heterocycles. The van der Waals surface area contributed by atoms with Crippen molar-refractivity contribution in [3.05, 3.63) is 23.5 Å². The lowest BCUT2D eigenvalue weighted by molar-refractivity contribution is 0.108. The summed E-state index contributed by atoms with van der Waals surface area (Å²) in [5, 5.41) is 32.0. The minimum absolute atomic E-state index is 0.000733. The molecule has 120 valence electrons. The molecule has 1 amide bonds. The summed E-state index contributed by atoms with van der Waals surface area (Å²) in [5.74, 6) is 0. The van der Waals surface area contributed by atoms with Crippen LogP contribution in [0.3, 0.4) is 0 Å². The summed E-state index contributed by atoms with van der Waals surface area (Å²) in [4.78, 5) is 12.5. The van der Waals surface area contributed by atoms with Crippen LogP contribution in [0.5, 0.6) is 0 Å². The Bertz CT molecular complexity index is 584. The van der Waals surface area contributed by atoms with Crippen LogP contribution >= 0.6 is 0 Å². The number of aromatic nitrogens is 2. The van der Waals surface area contributed by atoms with Crippen LogP contribution in [0.25, 0.3) is 6.08 Å². The highest BCUT2D eigenvalue weighted by Gasteiger charge is 2.37. The Labute approximate surface area is 128 Å². The lowest BCUT2D eigenvalue weighted by atomic mass is 9.71. The van der Waals surface area contributed by atoms with E-state index in [9.17, 15) is 15.0 Å². The Morgan fingerprint density at radius 1 is 1.32 bits per heavy atom. The fourth-order valence-corrected chi connectivity index (χ4v) is 3.41. The average molecular weight is 307 g/mol. The Balaban J connectivity index is 1.78. The lowest BCUT2D eigenvalue weighted by Crippen LogP contribution is -2.43. The summed E-state index contributed by atoms with van der Waals surface area (Å²) < 4.78 is 1.67. The summed E-state index contributed by atoms with van der Waals surface area (Å²) in [6.45, 7) is 0.798. The maximum absolute atomic E-state index is 11.0. The van der Waals surface area contributed by atoms with E-state index in [1.54, 1.807) is 10.9 Å². The molecule has 1 aromatic heterocycles. The predicted octanol–water partition coefficient (Wildman–Crippen LogP) is 0.738. The average Bonchev–Trinajstić information content (AvgIpc) is 2.92. The first-order valence-corrected chi connectivity index (χ1v) is 7.54. The molecule has 3 rings (SSSR count). The van der Waals surface area contributed by atoms with Gasteiger partial charge in [0, 0.05) is 13.1 Å². The van der Waals surface area contributed by atoms with Crippen LogP contribution in [0.1, 0.15) is 30.1 Å². The minimum atomic E-state index is -0.850. The molecule has 0 atom stereocenters. The highest BCUT2D eigenvalue weighted by molar-refractivity contribution is 5.65. The summed E-state index contributed by atoms with van der Waals surface area (Å²) in [7, 11) is 0. The van der Waals surface area contributed by atoms with Crippen molar-refractivity contribution in [1.29, 1.82) is 0 Å². The van der Waals surface area contributed by atoms with E-state index >= 15 is 0 Å². The van der Waals surface area contributed by atoms with Crippen LogP contribution in [-0.4, -0.2) is 62.4 Å². The summed E-state index contributed by atoms with van der Waals surface area (Å²) >= 11 is 0. The smallest absolute Gasteiger partial charge is 0.407 e. The van der Waals surface area contributed by atoms with Crippen molar-refractivity contribution in [3.63, 3.8) is 0 Å². The number of amides is 1. The number of fused-ring (bicyclic) bond motifs is 1. The zero-order valence-electron chi connectivity index (χ0n) is 12.4. The molecule has 1 fully saturated rings. The van der Waals surface area contributed by atoms with Gasteiger partial charge in [0.05, 0.1) is 31.1 Å². The maximum atomic E-state index is 11.0. The Morgan fingerprint density at radius 2 is 2.00 bits per heavy atom. The second-order valence-corrected chi connectivity index (χ2v) is 6.16. The van der Waals surface area contributed by atoms with Gasteiger partial charge in [-0.3, -0.25) is 4.68 Å². The fraction of sp³-hybridized carbons (Fsp3) is 0.600. The van der Waals surface area contributed by atoms with Crippen LogP contribution in [0.2, 0.25) is 0 Å². The van der Waals surface area contributed by atoms with Crippen LogP contribution in [0.15, 0.2) is 12.3 Å². The number of nitrogens with zero attached hydrogens (tertiary/aromatic N) is 3. The number of hydrogen-bond donors (Lipinski definition) is 3. The first kappa shape index (κ1) is 15.1. The molecule has 0 radical (unpaired) electrons. The van der Waals surface area contributed by atoms with Gasteiger partial charge in [0.1, 0.15) is 0 Å². The number of allylic oxidation sites excluding steroid dienone is 1. The standard InChI is InChI=1S/C15H21N3O4/c19-9-12(10-20)18-13-1-2-15(7-11(13)8-16-18)3-5-17(6-4-15)14(21)22/h1-2,8,12,19-20H,3-7,9-10H2,(H,21,22). The van der Waals surface area contributed by atoms with Gasteiger partial charge in [-0.15, -0.1) is 0 Å². The predicted molar refractivity (Wildman–Crippen MR) is 79.4 cm³/mol. The topological polar surface area (TPSA) is 98.8 Å². The monoisotopic (exact) mass is 307 g/mol. The van der Waals surface area contributed by atoms with Gasteiger partial charge in [-0.1, -0.05) is 6.08 Å². The minimum Gasteiger partial charge on any atom is -0.465 e. The zero-order chi connectivity index (χ0) is 15.7. The molecular weight excluding hydrogens is 286 g/mol. The molecule has 7 nitrogen and oxygen atoms in total. The van der Waals surface area contributed by atoms with Gasteiger partial charge in [0.15, 0.2) is 0 Å². The van der Waals surface area contributed by atoms with Crippen LogP contribution in [0.4, 0.5) is 4.79 Å². The fourth-order valence-electron chi connectivity index (χ4n) is 3.41. The molecule has 1 spiro atoms. The number of rotatable bonds is 3. The largest absolute Gasteiger partial charge is 0.465 e. The third-order valence-corrected chi connectivity index (χ3v) is 4.85. The highest BCUT2D eigenvalue weighted by atomic mass is 16.4. The van der Waals surface area contributed by atoms with Gasteiger partial charge >= 0.3 is 6.09 Å². The second-order valence-electron chi connectivity index (χ2n) is 6.16. The quantitative estimate of drug-likeness (QED) is 0.765. The van der Waals surface area contributed by atoms with Crippen molar-refractivity contribution in [2.45, 2.75) is 25.3 Å². The lowest BCUT2D eigenvalue weighted by Gasteiger charge is -2.40. The second kappa shape index (κ2) is 5.73. The van der Waals surface area contributed by atoms with Gasteiger partial charge in [-0.25, -0.2) is 4.79 Å². The molecule has 0 saturated carbocycles. The number of aliphatic hydroxyl groups excluding tert-OH is 2. The molecule has 7 heteroatoms. The van der Waals surface area contributed by atoms with E-state index in [1.165, 1.54) is 4.90 Å². The SMILES string of the molecule is O=C(O)N1CCC2(C=Cc3c(cnn3C(CO)CO)C2)CC1. The van der Waals surface area contributed by atoms with E-state index < -0.39 is 12.1 Å². The molecule has 0 bridgehead atoms. The normalized spacial score (nSPS) is 19.7. The number of carboxylic acid groups (broad SMARTS) is 1. The van der Waals surface area contributed by atoms with Crippen molar-refractivity contribution in [2.24, 2.45) is 5.41 Å². The van der Waals surface area contributed by atoms with Gasteiger partial charge in [0.2, 0.25) is 0 Å². The van der Waals surface area contributed by atoms with Crippen molar-refractivity contribution >= 4 is 12.2 Å². The van der Waals surface area contributed by atoms with Crippen molar-refractivity contribution in [3.8, 4) is 0 Å². The van der Waals surface area contributed by atoms with E-state index in [0.717, 1.165) is 30.5 Å². The Hall–Kier alpha value is -1.86. The van der Waals surface area contributed by atoms with Crippen molar-refractivity contribution in [2.75, 3.05) is 26.3 Å². The first-order chi connectivity index (χ1) is 10.6. The molecule has 22 heavy (non-hydrogen) atoms. The first-order valence-electron chi connectivity index (χ1n) is 7.54. The number of aliphatic hydroxyl groups is 2.